The molecule has 83 heavy (non-hydrogen) atoms. The maximum absolute atomic E-state index is 13.0. The summed E-state index contributed by atoms with van der Waals surface area (Å²) in [7, 11) is 1.54. The molecule has 0 aromatic carbocycles. The standard InChI is InChI=1S/C74H129N2O6P/c1-6-8-10-12-14-16-18-20-22-24-26-28-30-31-32-33-34-35-36-37-38-39-40-41-42-43-44-45-46-48-50-52-54-56-58-60-62-64-66-68-74(78)75-72(71-82-83(79,80)81-70-69-76(3,4)5)73(77)67-65-63-61-59-57-55-53-51-49-47-29-27-25-23-21-19-17-15-13-11-9-7-2/h8,10,14,16,20,22,26,28,31-32,34-35,37-38,40-41,43-44,57,59,65,67,72-73,77H,6-7,9,11-13,15,17-19,21,23-25,27,29-30,33,36,39,42,45-56,58,60-64,66,68-71H2,1-5H3,(H-,75,78,79,80)/p+1/b10-8-,16-14-,22-20-,28-26-,32-31-,35-34-,38-37-,41-40-,44-43-,59-57+,67-65+. The number of quaternary nitrogens is 1. The highest BCUT2D eigenvalue weighted by atomic mass is 31.2. The second kappa shape index (κ2) is 63.2. The van der Waals surface area contributed by atoms with Crippen LogP contribution in [0.2, 0.25) is 0 Å². The third-order valence-corrected chi connectivity index (χ3v) is 15.6. The van der Waals surface area contributed by atoms with Gasteiger partial charge >= 0.3 is 7.82 Å². The summed E-state index contributed by atoms with van der Waals surface area (Å²) < 4.78 is 23.8. The maximum Gasteiger partial charge on any atom is 0.472 e. The molecule has 9 heteroatoms. The summed E-state index contributed by atoms with van der Waals surface area (Å²) in [5.41, 5.74) is 0. The smallest absolute Gasteiger partial charge is 0.387 e. The first-order chi connectivity index (χ1) is 40.5. The summed E-state index contributed by atoms with van der Waals surface area (Å²) in [6.45, 7) is 4.69. The fraction of sp³-hybridized carbons (Fsp3) is 0.689. The van der Waals surface area contributed by atoms with Crippen LogP contribution in [-0.2, 0) is 18.4 Å². The van der Waals surface area contributed by atoms with Crippen molar-refractivity contribution in [1.29, 1.82) is 0 Å². The Labute approximate surface area is 513 Å². The molecular weight excluding hydrogens is 1040 g/mol. The fourth-order valence-electron chi connectivity index (χ4n) is 9.35. The molecule has 8 nitrogen and oxygen atoms in total. The van der Waals surface area contributed by atoms with Crippen molar-refractivity contribution in [1.82, 2.24) is 5.32 Å². The third kappa shape index (κ3) is 66.0. The Kier molecular flexibility index (Phi) is 60.6. The normalized spacial score (nSPS) is 14.5. The van der Waals surface area contributed by atoms with Gasteiger partial charge in [0.2, 0.25) is 5.91 Å². The number of amides is 1. The van der Waals surface area contributed by atoms with Crippen molar-refractivity contribution >= 4 is 13.7 Å². The molecule has 3 N–H and O–H groups in total. The van der Waals surface area contributed by atoms with E-state index in [4.69, 9.17) is 9.05 Å². The largest absolute Gasteiger partial charge is 0.472 e. The number of phosphoric ester groups is 1. The van der Waals surface area contributed by atoms with Crippen molar-refractivity contribution in [3.63, 3.8) is 0 Å². The first-order valence-corrected chi connectivity index (χ1v) is 35.6. The van der Waals surface area contributed by atoms with Crippen LogP contribution in [0, 0.1) is 0 Å². The van der Waals surface area contributed by atoms with Crippen molar-refractivity contribution < 1.29 is 32.9 Å². The van der Waals surface area contributed by atoms with Crippen molar-refractivity contribution in [2.75, 3.05) is 40.9 Å². The Balaban J connectivity index is 4.15. The third-order valence-electron chi connectivity index (χ3n) is 14.6. The minimum atomic E-state index is -4.37. The van der Waals surface area contributed by atoms with Gasteiger partial charge in [-0.05, 0) is 103 Å². The van der Waals surface area contributed by atoms with Gasteiger partial charge in [-0.1, -0.05) is 302 Å². The Morgan fingerprint density at radius 1 is 0.422 bits per heavy atom. The second-order valence-corrected chi connectivity index (χ2v) is 25.3. The van der Waals surface area contributed by atoms with E-state index < -0.39 is 20.0 Å². The highest BCUT2D eigenvalue weighted by Crippen LogP contribution is 2.43. The summed E-state index contributed by atoms with van der Waals surface area (Å²) in [6, 6.07) is -0.875. The quantitative estimate of drug-likeness (QED) is 0.0243. The van der Waals surface area contributed by atoms with E-state index in [1.165, 1.54) is 161 Å². The Bertz CT molecular complexity index is 1810. The predicted octanol–water partition coefficient (Wildman–Crippen LogP) is 21.8. The number of nitrogens with zero attached hydrogens (tertiary/aromatic N) is 1. The number of nitrogens with one attached hydrogen (secondary N) is 1. The highest BCUT2D eigenvalue weighted by molar-refractivity contribution is 7.47. The molecule has 0 saturated carbocycles. The molecule has 0 aromatic rings. The fourth-order valence-corrected chi connectivity index (χ4v) is 10.1. The molecule has 0 aliphatic heterocycles. The number of unbranched alkanes of at least 4 members (excludes halogenated alkanes) is 28. The molecule has 1 amide bonds. The van der Waals surface area contributed by atoms with Gasteiger partial charge in [0.1, 0.15) is 13.2 Å². The number of carbonyl (C=O) groups is 1. The van der Waals surface area contributed by atoms with Crippen molar-refractivity contribution in [2.45, 2.75) is 289 Å². The van der Waals surface area contributed by atoms with E-state index in [9.17, 15) is 19.4 Å². The molecule has 0 bridgehead atoms. The number of carbonyl (C=O) groups excluding carboxylic acids is 1. The van der Waals surface area contributed by atoms with Gasteiger partial charge in [-0.2, -0.15) is 0 Å². The number of phosphoric acid groups is 1. The molecule has 0 saturated heterocycles. The molecule has 0 aliphatic carbocycles. The van der Waals surface area contributed by atoms with Crippen LogP contribution in [0.1, 0.15) is 277 Å². The average Bonchev–Trinajstić information content (AvgIpc) is 3.50. The number of hydrogen-bond acceptors (Lipinski definition) is 5. The lowest BCUT2D eigenvalue weighted by molar-refractivity contribution is -0.870. The van der Waals surface area contributed by atoms with Crippen LogP contribution in [0.4, 0.5) is 0 Å². The first kappa shape index (κ1) is 79.6. The minimum Gasteiger partial charge on any atom is -0.387 e. The summed E-state index contributed by atoms with van der Waals surface area (Å²) in [6.07, 6.45) is 95.9. The van der Waals surface area contributed by atoms with E-state index in [0.29, 0.717) is 17.4 Å². The van der Waals surface area contributed by atoms with Gasteiger partial charge in [0.05, 0.1) is 39.9 Å². The Morgan fingerprint density at radius 3 is 1.11 bits per heavy atom. The molecule has 0 fully saturated rings. The summed E-state index contributed by atoms with van der Waals surface area (Å²) in [4.78, 5) is 23.4. The Hall–Kier alpha value is -3.36. The van der Waals surface area contributed by atoms with Crippen LogP contribution in [-0.4, -0.2) is 73.4 Å². The molecule has 0 spiro atoms. The molecule has 0 heterocycles. The molecule has 0 radical (unpaired) electrons. The number of hydrogen-bond donors (Lipinski definition) is 3. The van der Waals surface area contributed by atoms with Crippen LogP contribution in [0.5, 0.6) is 0 Å². The molecule has 3 unspecified atom stereocenters. The lowest BCUT2D eigenvalue weighted by atomic mass is 10.0. The number of aliphatic hydroxyl groups is 1. The van der Waals surface area contributed by atoms with Gasteiger partial charge in [-0.3, -0.25) is 13.8 Å². The van der Waals surface area contributed by atoms with E-state index in [1.54, 1.807) is 6.08 Å². The first-order valence-electron chi connectivity index (χ1n) is 34.1. The van der Waals surface area contributed by atoms with Gasteiger partial charge < -0.3 is 19.8 Å². The SMILES string of the molecule is CC/C=C\C/C=C\C/C=C\C/C=C\C/C=C\C/C=C\C/C=C\C/C=C\C/C=C\CCCCCCCCCCCCCC(=O)NC(COP(=O)(O)OCC[N+](C)(C)C)C(O)/C=C/CC/C=C/CCCCCCCCCCCCCCCCCC. The number of allylic oxidation sites excluding steroid dienone is 21. The van der Waals surface area contributed by atoms with Crippen molar-refractivity contribution in [3.05, 3.63) is 134 Å². The zero-order valence-electron chi connectivity index (χ0n) is 54.4. The van der Waals surface area contributed by atoms with Crippen LogP contribution >= 0.6 is 7.82 Å². The summed E-state index contributed by atoms with van der Waals surface area (Å²) >= 11 is 0. The van der Waals surface area contributed by atoms with E-state index in [2.05, 4.69) is 141 Å². The van der Waals surface area contributed by atoms with Gasteiger partial charge in [0.25, 0.3) is 0 Å². The van der Waals surface area contributed by atoms with Gasteiger partial charge in [-0.25, -0.2) is 4.57 Å². The van der Waals surface area contributed by atoms with Gasteiger partial charge in [0, 0.05) is 6.42 Å². The van der Waals surface area contributed by atoms with Crippen molar-refractivity contribution in [2.24, 2.45) is 0 Å². The molecule has 476 valence electrons. The van der Waals surface area contributed by atoms with E-state index in [1.807, 2.05) is 27.2 Å². The number of rotatable bonds is 61. The number of aliphatic hydroxyl groups excluding tert-OH is 1. The van der Waals surface area contributed by atoms with Gasteiger partial charge in [0.15, 0.2) is 0 Å². The second-order valence-electron chi connectivity index (χ2n) is 23.8. The molecule has 0 rings (SSSR count). The average molecular weight is 1170 g/mol. The van der Waals surface area contributed by atoms with E-state index >= 15 is 0 Å². The zero-order chi connectivity index (χ0) is 60.5. The number of likely N-dealkylation sites (N-methyl/N-ethyl adjacent to an activating group) is 1. The molecule has 3 atom stereocenters. The van der Waals surface area contributed by atoms with Crippen molar-refractivity contribution in [3.8, 4) is 0 Å². The van der Waals surface area contributed by atoms with Gasteiger partial charge in [-0.15, -0.1) is 0 Å². The predicted molar refractivity (Wildman–Crippen MR) is 364 cm³/mol. The van der Waals surface area contributed by atoms with E-state index in [0.717, 1.165) is 96.3 Å². The lowest BCUT2D eigenvalue weighted by Crippen LogP contribution is -2.45. The van der Waals surface area contributed by atoms with Crippen LogP contribution in [0.15, 0.2) is 134 Å². The maximum atomic E-state index is 13.0. The zero-order valence-corrected chi connectivity index (χ0v) is 55.3. The van der Waals surface area contributed by atoms with E-state index in [-0.39, 0.29) is 19.1 Å². The monoisotopic (exact) mass is 1170 g/mol. The minimum absolute atomic E-state index is 0.0502. The summed E-state index contributed by atoms with van der Waals surface area (Å²) in [5, 5.41) is 14.0. The Morgan fingerprint density at radius 2 is 0.735 bits per heavy atom. The summed E-state index contributed by atoms with van der Waals surface area (Å²) in [5.74, 6) is -0.193. The van der Waals surface area contributed by atoms with Crippen LogP contribution in [0.25, 0.3) is 0 Å². The van der Waals surface area contributed by atoms with Crippen LogP contribution < -0.4 is 5.32 Å². The molecule has 0 aliphatic rings. The molecule has 0 aromatic heterocycles. The molecular formula is C74H130N2O6P+. The highest BCUT2D eigenvalue weighted by Gasteiger charge is 2.27. The lowest BCUT2D eigenvalue weighted by Gasteiger charge is -2.25. The topological polar surface area (TPSA) is 105 Å². The van der Waals surface area contributed by atoms with Crippen LogP contribution in [0.3, 0.4) is 0 Å².